The van der Waals surface area contributed by atoms with Gasteiger partial charge in [-0.25, -0.2) is 8.42 Å². The van der Waals surface area contributed by atoms with E-state index >= 15 is 0 Å². The van der Waals surface area contributed by atoms with Crippen LogP contribution in [0.15, 0.2) is 0 Å². The molecular formula is C13H25N3O5S2. The molecule has 10 heteroatoms. The van der Waals surface area contributed by atoms with Crippen molar-refractivity contribution in [1.29, 1.82) is 0 Å². The van der Waals surface area contributed by atoms with Crippen LogP contribution in [-0.2, 0) is 24.8 Å². The third-order valence-corrected chi connectivity index (χ3v) is 8.06. The van der Waals surface area contributed by atoms with Crippen molar-refractivity contribution in [3.05, 3.63) is 0 Å². The quantitative estimate of drug-likeness (QED) is 0.671. The van der Waals surface area contributed by atoms with Gasteiger partial charge in [0.2, 0.25) is 5.91 Å². The molecule has 0 saturated carbocycles. The maximum atomic E-state index is 12.6. The van der Waals surface area contributed by atoms with Crippen LogP contribution in [0.4, 0.5) is 0 Å². The molecule has 23 heavy (non-hydrogen) atoms. The van der Waals surface area contributed by atoms with E-state index in [0.29, 0.717) is 19.5 Å². The van der Waals surface area contributed by atoms with Gasteiger partial charge in [0, 0.05) is 25.7 Å². The van der Waals surface area contributed by atoms with E-state index in [-0.39, 0.29) is 24.6 Å². The van der Waals surface area contributed by atoms with Crippen LogP contribution in [0.3, 0.4) is 0 Å². The number of carbonyl (C=O) groups is 1. The van der Waals surface area contributed by atoms with Gasteiger partial charge in [0.15, 0.2) is 9.84 Å². The van der Waals surface area contributed by atoms with Gasteiger partial charge in [-0.2, -0.15) is 17.0 Å². The first-order valence-corrected chi connectivity index (χ1v) is 11.2. The van der Waals surface area contributed by atoms with Gasteiger partial charge in [0.25, 0.3) is 10.2 Å². The van der Waals surface area contributed by atoms with Gasteiger partial charge >= 0.3 is 0 Å². The summed E-state index contributed by atoms with van der Waals surface area (Å²) in [4.78, 5) is 12.1. The van der Waals surface area contributed by atoms with Crippen molar-refractivity contribution in [3.8, 4) is 0 Å². The van der Waals surface area contributed by atoms with Crippen LogP contribution in [0, 0.1) is 0 Å². The highest BCUT2D eigenvalue weighted by Crippen LogP contribution is 2.16. The van der Waals surface area contributed by atoms with Crippen molar-refractivity contribution >= 4 is 26.0 Å². The lowest BCUT2D eigenvalue weighted by Gasteiger charge is -2.31. The molecule has 2 heterocycles. The van der Waals surface area contributed by atoms with Gasteiger partial charge in [-0.3, -0.25) is 4.79 Å². The van der Waals surface area contributed by atoms with E-state index in [1.54, 1.807) is 6.92 Å². The van der Waals surface area contributed by atoms with Crippen LogP contribution in [0.25, 0.3) is 0 Å². The Morgan fingerprint density at radius 2 is 1.91 bits per heavy atom. The monoisotopic (exact) mass is 367 g/mol. The molecule has 8 nitrogen and oxygen atoms in total. The number of piperidine rings is 1. The summed E-state index contributed by atoms with van der Waals surface area (Å²) in [6.07, 6.45) is 3.08. The van der Waals surface area contributed by atoms with Gasteiger partial charge in [-0.05, 0) is 19.3 Å². The lowest BCUT2D eigenvalue weighted by Crippen LogP contribution is -2.50. The minimum absolute atomic E-state index is 0.0657. The molecule has 0 aromatic rings. The fourth-order valence-corrected chi connectivity index (χ4v) is 6.28. The van der Waals surface area contributed by atoms with E-state index in [1.165, 1.54) is 4.31 Å². The highest BCUT2D eigenvalue weighted by atomic mass is 32.2. The molecule has 0 radical (unpaired) electrons. The lowest BCUT2D eigenvalue weighted by molar-refractivity contribution is -0.121. The zero-order chi connectivity index (χ0) is 17.1. The minimum Gasteiger partial charge on any atom is -0.351 e. The molecule has 2 aliphatic heterocycles. The molecule has 1 amide bonds. The van der Waals surface area contributed by atoms with E-state index in [2.05, 4.69) is 5.32 Å². The predicted octanol–water partition coefficient (Wildman–Crippen LogP) is -0.658. The summed E-state index contributed by atoms with van der Waals surface area (Å²) < 4.78 is 50.5. The number of carbonyl (C=O) groups excluding carboxylic acids is 1. The molecule has 0 bridgehead atoms. The molecule has 2 rings (SSSR count). The number of nitrogens with one attached hydrogen (secondary N) is 1. The molecule has 0 aromatic heterocycles. The summed E-state index contributed by atoms with van der Waals surface area (Å²) in [5.74, 6) is -0.444. The van der Waals surface area contributed by atoms with E-state index in [1.807, 2.05) is 0 Å². The third kappa shape index (κ3) is 4.88. The molecule has 2 fully saturated rings. The van der Waals surface area contributed by atoms with E-state index in [4.69, 9.17) is 0 Å². The average Bonchev–Trinajstić information content (AvgIpc) is 2.84. The standard InChI is InChI=1S/C13H25N3O5S2/c1-2-15(23(20,21)16-7-4-3-5-8-16)10-13(17)14-12-6-9-22(18,19)11-12/h12H,2-11H2,1H3,(H,14,17). The minimum atomic E-state index is -3.64. The predicted molar refractivity (Wildman–Crippen MR) is 86.8 cm³/mol. The van der Waals surface area contributed by atoms with Crippen molar-refractivity contribution in [2.45, 2.75) is 38.6 Å². The highest BCUT2D eigenvalue weighted by Gasteiger charge is 2.33. The van der Waals surface area contributed by atoms with Gasteiger partial charge in [0.1, 0.15) is 0 Å². The Hall–Kier alpha value is -0.710. The molecule has 1 atom stereocenters. The second-order valence-corrected chi connectivity index (χ2v) is 10.2. The van der Waals surface area contributed by atoms with Crippen LogP contribution < -0.4 is 5.32 Å². The largest absolute Gasteiger partial charge is 0.351 e. The van der Waals surface area contributed by atoms with Crippen molar-refractivity contribution in [1.82, 2.24) is 13.9 Å². The summed E-state index contributed by atoms with van der Waals surface area (Å²) in [6, 6.07) is -0.413. The lowest BCUT2D eigenvalue weighted by atomic mass is 10.2. The zero-order valence-electron chi connectivity index (χ0n) is 13.4. The fourth-order valence-electron chi connectivity index (χ4n) is 2.96. The summed E-state index contributed by atoms with van der Waals surface area (Å²) >= 11 is 0. The SMILES string of the molecule is CCN(CC(=O)NC1CCS(=O)(=O)C1)S(=O)(=O)N1CCCCC1. The smallest absolute Gasteiger partial charge is 0.282 e. The molecule has 1 unspecified atom stereocenters. The van der Waals surface area contributed by atoms with Crippen LogP contribution in [0.5, 0.6) is 0 Å². The fraction of sp³-hybridized carbons (Fsp3) is 0.923. The second kappa shape index (κ2) is 7.45. The van der Waals surface area contributed by atoms with Gasteiger partial charge in [-0.1, -0.05) is 13.3 Å². The Bertz CT molecular complexity index is 626. The van der Waals surface area contributed by atoms with Crippen LogP contribution in [0.2, 0.25) is 0 Å². The molecule has 0 aromatic carbocycles. The first-order chi connectivity index (χ1) is 10.7. The molecular weight excluding hydrogens is 342 g/mol. The van der Waals surface area contributed by atoms with Gasteiger partial charge < -0.3 is 5.32 Å². The Labute approximate surface area is 138 Å². The van der Waals surface area contributed by atoms with Gasteiger partial charge in [-0.15, -0.1) is 0 Å². The molecule has 0 spiro atoms. The van der Waals surface area contributed by atoms with Crippen molar-refractivity contribution in [3.63, 3.8) is 0 Å². The maximum absolute atomic E-state index is 12.6. The third-order valence-electron chi connectivity index (χ3n) is 4.24. The molecule has 2 saturated heterocycles. The number of hydrogen-bond acceptors (Lipinski definition) is 5. The number of sulfone groups is 1. The Kier molecular flexibility index (Phi) is 6.04. The Balaban J connectivity index is 1.94. The first-order valence-electron chi connectivity index (χ1n) is 7.99. The number of amides is 1. The summed E-state index contributed by atoms with van der Waals surface area (Å²) in [7, 11) is -6.71. The molecule has 2 aliphatic rings. The van der Waals surface area contributed by atoms with Crippen molar-refractivity contribution in [2.75, 3.05) is 37.7 Å². The number of nitrogens with zero attached hydrogens (tertiary/aromatic N) is 2. The number of hydrogen-bond donors (Lipinski definition) is 1. The van der Waals surface area contributed by atoms with Crippen LogP contribution >= 0.6 is 0 Å². The highest BCUT2D eigenvalue weighted by molar-refractivity contribution is 7.91. The molecule has 0 aliphatic carbocycles. The first kappa shape index (κ1) is 18.6. The number of rotatable bonds is 6. The zero-order valence-corrected chi connectivity index (χ0v) is 15.0. The molecule has 1 N–H and O–H groups in total. The van der Waals surface area contributed by atoms with Crippen molar-refractivity contribution < 1.29 is 21.6 Å². The van der Waals surface area contributed by atoms with Crippen LogP contribution in [-0.4, -0.2) is 75.1 Å². The average molecular weight is 367 g/mol. The Morgan fingerprint density at radius 3 is 2.43 bits per heavy atom. The van der Waals surface area contributed by atoms with Gasteiger partial charge in [0.05, 0.1) is 18.1 Å². The van der Waals surface area contributed by atoms with E-state index in [0.717, 1.165) is 23.6 Å². The maximum Gasteiger partial charge on any atom is 0.282 e. The summed E-state index contributed by atoms with van der Waals surface area (Å²) in [5, 5.41) is 2.63. The van der Waals surface area contributed by atoms with E-state index < -0.39 is 32.0 Å². The molecule has 134 valence electrons. The Morgan fingerprint density at radius 1 is 1.26 bits per heavy atom. The topological polar surface area (TPSA) is 104 Å². The second-order valence-electron chi connectivity index (χ2n) is 6.06. The van der Waals surface area contributed by atoms with Crippen molar-refractivity contribution in [2.24, 2.45) is 0 Å². The van der Waals surface area contributed by atoms with E-state index in [9.17, 15) is 21.6 Å². The normalized spacial score (nSPS) is 25.6. The number of likely N-dealkylation sites (N-methyl/N-ethyl adjacent to an activating group) is 1. The summed E-state index contributed by atoms with van der Waals surface area (Å²) in [6.45, 7) is 2.60. The summed E-state index contributed by atoms with van der Waals surface area (Å²) in [5.41, 5.74) is 0. The van der Waals surface area contributed by atoms with Crippen LogP contribution in [0.1, 0.15) is 32.6 Å².